The topological polar surface area (TPSA) is 25.1 Å². The predicted octanol–water partition coefficient (Wildman–Crippen LogP) is 14.0. The molecule has 4 nitrogen and oxygen atoms in total. The van der Waals surface area contributed by atoms with E-state index in [1.807, 2.05) is 0 Å². The minimum atomic E-state index is -0.199. The minimum absolute atomic E-state index is 0.0204. The molecule has 1 unspecified atom stereocenters. The largest absolute Gasteiger partial charge is 0.359 e. The third kappa shape index (κ3) is 4.33. The lowest BCUT2D eigenvalue weighted by molar-refractivity contribution is 0.697. The van der Waals surface area contributed by atoms with Crippen molar-refractivity contribution >= 4 is 66.3 Å². The van der Waals surface area contributed by atoms with Crippen molar-refractivity contribution in [3.05, 3.63) is 204 Å². The number of aromatic nitrogens is 2. The molecule has 4 heterocycles. The summed E-state index contributed by atoms with van der Waals surface area (Å²) in [5.74, 6) is 0. The van der Waals surface area contributed by atoms with Gasteiger partial charge in [0.25, 0.3) is 0 Å². The molecule has 1 aliphatic carbocycles. The fourth-order valence-corrected chi connectivity index (χ4v) is 11.0. The molecule has 1 N–H and O–H groups in total. The van der Waals surface area contributed by atoms with E-state index < -0.39 is 0 Å². The molecule has 59 heavy (non-hydrogen) atoms. The second-order valence-electron chi connectivity index (χ2n) is 17.1. The van der Waals surface area contributed by atoms with Gasteiger partial charge in [-0.1, -0.05) is 135 Å². The smallest absolute Gasteiger partial charge is 0.131 e. The maximum atomic E-state index is 3.97. The average Bonchev–Trinajstić information content (AvgIpc) is 4.00. The Morgan fingerprint density at radius 3 is 1.63 bits per heavy atom. The molecule has 1 atom stereocenters. The van der Waals surface area contributed by atoms with Crippen molar-refractivity contribution in [2.24, 2.45) is 0 Å². The Balaban J connectivity index is 1.10. The van der Waals surface area contributed by atoms with Crippen LogP contribution >= 0.6 is 0 Å². The van der Waals surface area contributed by atoms with Gasteiger partial charge in [0.05, 0.1) is 39.1 Å². The van der Waals surface area contributed by atoms with E-state index in [9.17, 15) is 0 Å². The molecule has 0 spiro atoms. The lowest BCUT2D eigenvalue weighted by Crippen LogP contribution is -2.32. The molecule has 280 valence electrons. The van der Waals surface area contributed by atoms with Crippen molar-refractivity contribution in [3.63, 3.8) is 0 Å². The van der Waals surface area contributed by atoms with Gasteiger partial charge < -0.3 is 19.4 Å². The monoisotopic (exact) mass is 756 g/mol. The molecule has 10 aromatic rings. The summed E-state index contributed by atoms with van der Waals surface area (Å²) in [6.45, 7) is 7.04. The van der Waals surface area contributed by atoms with Crippen molar-refractivity contribution in [2.45, 2.75) is 32.4 Å². The molecule has 13 rings (SSSR count). The number of benzene rings is 8. The number of para-hydroxylation sites is 5. The maximum absolute atomic E-state index is 3.97. The second kappa shape index (κ2) is 11.6. The summed E-state index contributed by atoms with van der Waals surface area (Å²) in [5, 5.41) is 9.00. The highest BCUT2D eigenvalue weighted by Crippen LogP contribution is 2.61. The van der Waals surface area contributed by atoms with E-state index in [1.54, 1.807) is 0 Å². The van der Waals surface area contributed by atoms with Gasteiger partial charge in [-0.3, -0.25) is 0 Å². The Hall–Kier alpha value is -7.30. The van der Waals surface area contributed by atoms with Crippen LogP contribution in [0, 0.1) is 6.92 Å². The predicted molar refractivity (Wildman–Crippen MR) is 247 cm³/mol. The molecule has 8 aromatic carbocycles. The highest BCUT2D eigenvalue weighted by Gasteiger charge is 2.49. The SMILES string of the molecule is Cc1cccc2c1NC1c3ccccc3C3=C(c4cc(-c5cc(-n6c7ccccc7c7ccccc76)cc(-n6c7ccccc7c7ccccc76)c5)ccc4C3(C)C)N21. The summed E-state index contributed by atoms with van der Waals surface area (Å²) in [7, 11) is 0. The van der Waals surface area contributed by atoms with E-state index in [2.05, 4.69) is 216 Å². The zero-order chi connectivity index (χ0) is 39.1. The molecule has 3 aliphatic rings. The maximum Gasteiger partial charge on any atom is 0.131 e. The van der Waals surface area contributed by atoms with Gasteiger partial charge in [0.1, 0.15) is 6.17 Å². The molecule has 0 saturated carbocycles. The molecule has 4 heteroatoms. The number of nitrogens with zero attached hydrogens (tertiary/aromatic N) is 3. The average molecular weight is 757 g/mol. The first-order chi connectivity index (χ1) is 29.0. The standard InChI is InChI=1S/C55H40N4/c1-33-15-14-26-50-52(33)56-54-43-21-5-4-20-42(43)51-53(59(50)54)44-31-34(27-28-45(44)55(51,2)3)35-29-36(57-46-22-10-6-16-38(46)39-17-7-11-23-47(39)57)32-37(30-35)58-48-24-12-8-18-40(48)41-19-9-13-25-49(41)58/h4-32,54,56H,1-3H3. The van der Waals surface area contributed by atoms with Gasteiger partial charge in [-0.15, -0.1) is 0 Å². The fourth-order valence-electron chi connectivity index (χ4n) is 11.0. The highest BCUT2D eigenvalue weighted by molar-refractivity contribution is 6.13. The highest BCUT2D eigenvalue weighted by atomic mass is 15.3. The van der Waals surface area contributed by atoms with Crippen LogP contribution in [0.1, 0.15) is 47.8 Å². The zero-order valence-electron chi connectivity index (χ0n) is 33.2. The first kappa shape index (κ1) is 32.8. The lowest BCUT2D eigenvalue weighted by atomic mass is 9.76. The number of fused-ring (bicyclic) bond motifs is 15. The van der Waals surface area contributed by atoms with Gasteiger partial charge in [-0.05, 0) is 94.9 Å². The number of allylic oxidation sites excluding steroid dienone is 1. The van der Waals surface area contributed by atoms with Gasteiger partial charge >= 0.3 is 0 Å². The summed E-state index contributed by atoms with van der Waals surface area (Å²) in [6, 6.07) is 65.5. The van der Waals surface area contributed by atoms with E-state index in [1.165, 1.54) is 105 Å². The van der Waals surface area contributed by atoms with Crippen molar-refractivity contribution in [2.75, 3.05) is 10.2 Å². The molecule has 0 fully saturated rings. The Bertz CT molecular complexity index is 3240. The first-order valence-electron chi connectivity index (χ1n) is 20.7. The molecule has 0 radical (unpaired) electrons. The Morgan fingerprint density at radius 2 is 1.03 bits per heavy atom. The molecule has 0 amide bonds. The van der Waals surface area contributed by atoms with Crippen LogP contribution < -0.4 is 10.2 Å². The number of hydrogen-bond donors (Lipinski definition) is 1. The third-order valence-corrected chi connectivity index (χ3v) is 13.5. The third-order valence-electron chi connectivity index (χ3n) is 13.5. The van der Waals surface area contributed by atoms with Crippen LogP contribution in [0.2, 0.25) is 0 Å². The van der Waals surface area contributed by atoms with Crippen LogP contribution in [0.15, 0.2) is 176 Å². The lowest BCUT2D eigenvalue weighted by Gasteiger charge is -2.37. The Kier molecular flexibility index (Phi) is 6.46. The zero-order valence-corrected chi connectivity index (χ0v) is 33.2. The Labute approximate surface area is 342 Å². The fraction of sp³-hybridized carbons (Fsp3) is 0.0909. The van der Waals surface area contributed by atoms with Gasteiger partial charge in [-0.2, -0.15) is 0 Å². The van der Waals surface area contributed by atoms with E-state index in [4.69, 9.17) is 0 Å². The van der Waals surface area contributed by atoms with Crippen LogP contribution in [0.25, 0.3) is 77.4 Å². The number of aryl methyl sites for hydroxylation is 1. The van der Waals surface area contributed by atoms with Gasteiger partial charge in [0.2, 0.25) is 0 Å². The normalized spacial score (nSPS) is 16.1. The molecule has 0 saturated heterocycles. The summed E-state index contributed by atoms with van der Waals surface area (Å²) in [4.78, 5) is 2.59. The van der Waals surface area contributed by atoms with Crippen molar-refractivity contribution in [1.29, 1.82) is 0 Å². The van der Waals surface area contributed by atoms with Gasteiger partial charge in [-0.25, -0.2) is 0 Å². The van der Waals surface area contributed by atoms with Crippen molar-refractivity contribution in [1.82, 2.24) is 9.13 Å². The van der Waals surface area contributed by atoms with Crippen molar-refractivity contribution < 1.29 is 0 Å². The van der Waals surface area contributed by atoms with Crippen molar-refractivity contribution in [3.8, 4) is 22.5 Å². The quantitative estimate of drug-likeness (QED) is 0.194. The van der Waals surface area contributed by atoms with Crippen LogP contribution in [-0.2, 0) is 5.41 Å². The molecule has 2 aromatic heterocycles. The number of anilines is 2. The Morgan fingerprint density at radius 1 is 0.492 bits per heavy atom. The molecule has 2 aliphatic heterocycles. The number of hydrogen-bond acceptors (Lipinski definition) is 2. The summed E-state index contributed by atoms with van der Waals surface area (Å²) < 4.78 is 4.92. The van der Waals surface area contributed by atoms with E-state index in [0.717, 1.165) is 11.4 Å². The first-order valence-corrected chi connectivity index (χ1v) is 20.7. The van der Waals surface area contributed by atoms with Crippen LogP contribution in [0.5, 0.6) is 0 Å². The van der Waals surface area contributed by atoms with E-state index >= 15 is 0 Å². The number of nitrogens with one attached hydrogen (secondary N) is 1. The molecule has 0 bridgehead atoms. The second-order valence-corrected chi connectivity index (χ2v) is 17.1. The van der Waals surface area contributed by atoms with E-state index in [-0.39, 0.29) is 11.6 Å². The van der Waals surface area contributed by atoms with E-state index in [0.29, 0.717) is 0 Å². The minimum Gasteiger partial charge on any atom is -0.359 e. The molecular weight excluding hydrogens is 717 g/mol. The van der Waals surface area contributed by atoms with Gasteiger partial charge in [0.15, 0.2) is 0 Å². The van der Waals surface area contributed by atoms with Crippen LogP contribution in [0.4, 0.5) is 11.4 Å². The molecular formula is C55H40N4. The van der Waals surface area contributed by atoms with Crippen LogP contribution in [-0.4, -0.2) is 9.13 Å². The van der Waals surface area contributed by atoms with Gasteiger partial charge in [0, 0.05) is 49.5 Å². The van der Waals surface area contributed by atoms with Crippen LogP contribution in [0.3, 0.4) is 0 Å². The summed E-state index contributed by atoms with van der Waals surface area (Å²) in [5.41, 5.74) is 21.0. The summed E-state index contributed by atoms with van der Waals surface area (Å²) in [6.07, 6.45) is 0.0204. The summed E-state index contributed by atoms with van der Waals surface area (Å²) >= 11 is 0. The number of rotatable bonds is 3.